The highest BCUT2D eigenvalue weighted by molar-refractivity contribution is 6.04. The second-order valence-electron chi connectivity index (χ2n) is 9.86. The molecular weight excluding hydrogens is 540 g/mol. The van der Waals surface area contributed by atoms with E-state index in [9.17, 15) is 32.3 Å². The van der Waals surface area contributed by atoms with E-state index in [1.165, 1.54) is 35.0 Å². The van der Waals surface area contributed by atoms with Gasteiger partial charge in [-0.25, -0.2) is 9.18 Å². The van der Waals surface area contributed by atoms with Gasteiger partial charge in [-0.15, -0.1) is 0 Å². The van der Waals surface area contributed by atoms with E-state index in [4.69, 9.17) is 0 Å². The van der Waals surface area contributed by atoms with Crippen molar-refractivity contribution in [3.8, 4) is 17.0 Å². The van der Waals surface area contributed by atoms with Gasteiger partial charge in [-0.3, -0.25) is 4.79 Å². The van der Waals surface area contributed by atoms with Crippen molar-refractivity contribution in [2.75, 3.05) is 5.32 Å². The summed E-state index contributed by atoms with van der Waals surface area (Å²) in [5.41, 5.74) is 0.635. The van der Waals surface area contributed by atoms with Gasteiger partial charge < -0.3 is 15.7 Å². The summed E-state index contributed by atoms with van der Waals surface area (Å²) < 4.78 is 54.3. The summed E-state index contributed by atoms with van der Waals surface area (Å²) in [6.45, 7) is -0.0314. The van der Waals surface area contributed by atoms with Crippen molar-refractivity contribution in [3.05, 3.63) is 101 Å². The summed E-state index contributed by atoms with van der Waals surface area (Å²) in [5, 5.41) is 20.4. The minimum atomic E-state index is -4.59. The summed E-state index contributed by atoms with van der Waals surface area (Å²) in [6.07, 6.45) is -0.830. The van der Waals surface area contributed by atoms with Gasteiger partial charge in [0.1, 0.15) is 11.6 Å². The Hall–Kier alpha value is -4.67. The van der Waals surface area contributed by atoms with Crippen molar-refractivity contribution in [2.24, 2.45) is 0 Å². The molecule has 4 aromatic rings. The summed E-state index contributed by atoms with van der Waals surface area (Å²) in [6, 6.07) is 15.6. The van der Waals surface area contributed by atoms with Gasteiger partial charge in [0.05, 0.1) is 17.0 Å². The Morgan fingerprint density at radius 2 is 1.73 bits per heavy atom. The Balaban J connectivity index is 1.37. The number of nitrogens with zero attached hydrogens (tertiary/aromatic N) is 2. The minimum absolute atomic E-state index is 0.0314. The van der Waals surface area contributed by atoms with E-state index in [0.717, 1.165) is 43.9 Å². The maximum atomic E-state index is 14.0. The summed E-state index contributed by atoms with van der Waals surface area (Å²) >= 11 is 0. The van der Waals surface area contributed by atoms with E-state index in [2.05, 4.69) is 15.7 Å². The number of phenols is 1. The molecule has 11 heteroatoms. The van der Waals surface area contributed by atoms with E-state index >= 15 is 0 Å². The van der Waals surface area contributed by atoms with E-state index in [-0.39, 0.29) is 29.5 Å². The Labute approximate surface area is 232 Å². The molecule has 1 saturated carbocycles. The monoisotopic (exact) mass is 566 g/mol. The third-order valence-corrected chi connectivity index (χ3v) is 7.07. The fourth-order valence-electron chi connectivity index (χ4n) is 4.96. The molecule has 1 aromatic heterocycles. The van der Waals surface area contributed by atoms with Crippen LogP contribution in [-0.4, -0.2) is 26.8 Å². The smallest absolute Gasteiger partial charge is 0.416 e. The number of hydrogen-bond donors (Lipinski definition) is 3. The highest BCUT2D eigenvalue weighted by Crippen LogP contribution is 2.38. The molecule has 0 saturated heterocycles. The first kappa shape index (κ1) is 27.9. The van der Waals surface area contributed by atoms with Crippen LogP contribution in [0.3, 0.4) is 0 Å². The van der Waals surface area contributed by atoms with Crippen molar-refractivity contribution in [3.63, 3.8) is 0 Å². The van der Waals surface area contributed by atoms with Crippen molar-refractivity contribution < 1.29 is 32.3 Å². The second kappa shape index (κ2) is 11.4. The van der Waals surface area contributed by atoms with E-state index in [1.807, 2.05) is 0 Å². The van der Waals surface area contributed by atoms with Crippen LogP contribution < -0.4 is 10.6 Å². The molecule has 3 N–H and O–H groups in total. The SMILES string of the molecule is O=C(Nc1ccc(-c2cc(C3CCCC3)n(C(=O)NCc3ccccc3F)n2)c(O)c1)c1cccc(C(F)(F)F)c1. The fourth-order valence-corrected chi connectivity index (χ4v) is 4.96. The van der Waals surface area contributed by atoms with Crippen molar-refractivity contribution in [1.29, 1.82) is 0 Å². The van der Waals surface area contributed by atoms with Gasteiger partial charge in [-0.05, 0) is 55.3 Å². The average Bonchev–Trinajstić information content (AvgIpc) is 3.63. The van der Waals surface area contributed by atoms with Gasteiger partial charge in [-0.1, -0.05) is 37.1 Å². The molecule has 5 rings (SSSR count). The fraction of sp³-hybridized carbons (Fsp3) is 0.233. The highest BCUT2D eigenvalue weighted by Gasteiger charge is 2.31. The molecule has 0 atom stereocenters. The number of carbonyl (C=O) groups is 2. The lowest BCUT2D eigenvalue weighted by molar-refractivity contribution is -0.137. The zero-order valence-electron chi connectivity index (χ0n) is 21.7. The van der Waals surface area contributed by atoms with Crippen molar-refractivity contribution in [2.45, 2.75) is 44.3 Å². The molecule has 7 nitrogen and oxygen atoms in total. The lowest BCUT2D eigenvalue weighted by Crippen LogP contribution is -2.31. The van der Waals surface area contributed by atoms with Gasteiger partial charge in [0.25, 0.3) is 5.91 Å². The number of benzene rings is 3. The molecule has 0 aliphatic heterocycles. The molecule has 0 spiro atoms. The maximum Gasteiger partial charge on any atom is 0.416 e. The number of halogens is 4. The summed E-state index contributed by atoms with van der Waals surface area (Å²) in [7, 11) is 0. The van der Waals surface area contributed by atoms with Crippen LogP contribution in [0, 0.1) is 5.82 Å². The molecule has 1 fully saturated rings. The molecular formula is C30H26F4N4O3. The predicted molar refractivity (Wildman–Crippen MR) is 144 cm³/mol. The maximum absolute atomic E-state index is 14.0. The number of alkyl halides is 3. The van der Waals surface area contributed by atoms with Gasteiger partial charge >= 0.3 is 12.2 Å². The van der Waals surface area contributed by atoms with Crippen LogP contribution in [0.4, 0.5) is 28.0 Å². The third-order valence-electron chi connectivity index (χ3n) is 7.07. The minimum Gasteiger partial charge on any atom is -0.507 e. The number of phenolic OH excluding ortho intramolecular Hbond substituents is 1. The first-order valence-corrected chi connectivity index (χ1v) is 13.0. The number of hydrogen-bond acceptors (Lipinski definition) is 4. The Kier molecular flexibility index (Phi) is 7.78. The lowest BCUT2D eigenvalue weighted by Gasteiger charge is -2.12. The number of anilines is 1. The van der Waals surface area contributed by atoms with E-state index in [1.54, 1.807) is 24.3 Å². The Bertz CT molecular complexity index is 1590. The lowest BCUT2D eigenvalue weighted by atomic mass is 10.0. The number of aromatic hydroxyl groups is 1. The summed E-state index contributed by atoms with van der Waals surface area (Å²) in [4.78, 5) is 25.7. The quantitative estimate of drug-likeness (QED) is 0.217. The van der Waals surface area contributed by atoms with Crippen molar-refractivity contribution in [1.82, 2.24) is 15.1 Å². The predicted octanol–water partition coefficient (Wildman–Crippen LogP) is 7.08. The molecule has 1 heterocycles. The largest absolute Gasteiger partial charge is 0.507 e. The van der Waals surface area contributed by atoms with Crippen LogP contribution in [0.2, 0.25) is 0 Å². The molecule has 1 aliphatic rings. The van der Waals surface area contributed by atoms with Crippen LogP contribution >= 0.6 is 0 Å². The molecule has 212 valence electrons. The van der Waals surface area contributed by atoms with Gasteiger partial charge in [-0.2, -0.15) is 23.0 Å². The first-order valence-electron chi connectivity index (χ1n) is 13.0. The standard InChI is InChI=1S/C30H26F4N4O3/c31-24-11-4-3-8-20(24)17-35-29(41)38-26(18-6-1-2-7-18)16-25(37-38)23-13-12-22(15-27(23)39)36-28(40)19-9-5-10-21(14-19)30(32,33)34/h3-5,8-16,18,39H,1-2,6-7,17H2,(H,35,41)(H,36,40). The van der Waals surface area contributed by atoms with Crippen LogP contribution in [0.25, 0.3) is 11.3 Å². The molecule has 1 aliphatic carbocycles. The molecule has 0 radical (unpaired) electrons. The van der Waals surface area contributed by atoms with Crippen molar-refractivity contribution >= 4 is 17.6 Å². The van der Waals surface area contributed by atoms with Gasteiger partial charge in [0.15, 0.2) is 0 Å². The van der Waals surface area contributed by atoms with Crippen LogP contribution in [0.15, 0.2) is 72.8 Å². The topological polar surface area (TPSA) is 96.3 Å². The highest BCUT2D eigenvalue weighted by atomic mass is 19.4. The van der Waals surface area contributed by atoms with Gasteiger partial charge in [0.2, 0.25) is 0 Å². The van der Waals surface area contributed by atoms with Crippen LogP contribution in [0.5, 0.6) is 5.75 Å². The normalized spacial score (nSPS) is 13.8. The molecule has 0 bridgehead atoms. The molecule has 41 heavy (non-hydrogen) atoms. The number of carbonyl (C=O) groups excluding carboxylic acids is 2. The average molecular weight is 567 g/mol. The number of aromatic nitrogens is 2. The van der Waals surface area contributed by atoms with Crippen LogP contribution in [-0.2, 0) is 12.7 Å². The molecule has 2 amide bonds. The number of amides is 2. The van der Waals surface area contributed by atoms with Gasteiger partial charge in [0, 0.05) is 40.9 Å². The zero-order chi connectivity index (χ0) is 29.1. The third kappa shape index (κ3) is 6.24. The van der Waals surface area contributed by atoms with Crippen LogP contribution in [0.1, 0.15) is 58.8 Å². The Morgan fingerprint density at radius 1 is 0.976 bits per heavy atom. The zero-order valence-corrected chi connectivity index (χ0v) is 21.7. The Morgan fingerprint density at radius 3 is 2.44 bits per heavy atom. The first-order chi connectivity index (χ1) is 19.6. The van der Waals surface area contributed by atoms with E-state index < -0.39 is 29.5 Å². The molecule has 3 aromatic carbocycles. The van der Waals surface area contributed by atoms with E-state index in [0.29, 0.717) is 22.5 Å². The summed E-state index contributed by atoms with van der Waals surface area (Å²) in [5.74, 6) is -1.37. The second-order valence-corrected chi connectivity index (χ2v) is 9.86. The number of rotatable bonds is 6. The number of nitrogens with one attached hydrogen (secondary N) is 2. The molecule has 0 unspecified atom stereocenters.